The minimum absolute atomic E-state index is 0.0397. The molecule has 0 amide bonds. The Hall–Kier alpha value is -2.27. The van der Waals surface area contributed by atoms with Crippen LogP contribution < -0.4 is 9.44 Å². The second-order valence-electron chi connectivity index (χ2n) is 5.61. The van der Waals surface area contributed by atoms with Crippen molar-refractivity contribution >= 4 is 54.8 Å². The first-order chi connectivity index (χ1) is 13.1. The van der Waals surface area contributed by atoms with Gasteiger partial charge in [0.2, 0.25) is 0 Å². The summed E-state index contributed by atoms with van der Waals surface area (Å²) in [6, 6.07) is 10.7. The number of sulfonamides is 2. The smallest absolute Gasteiger partial charge is 0.263 e. The molecule has 0 aliphatic heterocycles. The maximum atomic E-state index is 12.5. The standard InChI is InChI=1S/C16H13Cl2N3O5S2/c1-10-9-15(19-26-10)21-27(22,23)12-7-5-11(6-8-12)20-28(24,25)14-4-2-3-13(17)16(14)18/h2-9,20H,1H3,(H,19,21). The molecule has 0 fully saturated rings. The monoisotopic (exact) mass is 461 g/mol. The molecule has 0 aliphatic rings. The highest BCUT2D eigenvalue weighted by molar-refractivity contribution is 7.93. The van der Waals surface area contributed by atoms with Crippen LogP contribution in [0.2, 0.25) is 10.0 Å². The summed E-state index contributed by atoms with van der Waals surface area (Å²) in [5.41, 5.74) is 0.146. The quantitative estimate of drug-likeness (QED) is 0.574. The van der Waals surface area contributed by atoms with Crippen molar-refractivity contribution in [2.75, 3.05) is 9.44 Å². The number of rotatable bonds is 6. The molecule has 2 N–H and O–H groups in total. The van der Waals surface area contributed by atoms with Crippen LogP contribution >= 0.6 is 23.2 Å². The molecule has 3 aromatic rings. The second-order valence-corrected chi connectivity index (χ2v) is 9.73. The third kappa shape index (κ3) is 4.41. The summed E-state index contributed by atoms with van der Waals surface area (Å²) >= 11 is 11.8. The maximum absolute atomic E-state index is 12.5. The van der Waals surface area contributed by atoms with Crippen LogP contribution in [0.25, 0.3) is 0 Å². The normalized spacial score (nSPS) is 12.0. The van der Waals surface area contributed by atoms with E-state index in [1.165, 1.54) is 48.5 Å². The Balaban J connectivity index is 1.81. The number of aryl methyl sites for hydroxylation is 1. The summed E-state index contributed by atoms with van der Waals surface area (Å²) in [6.45, 7) is 1.62. The molecule has 0 spiro atoms. The van der Waals surface area contributed by atoms with E-state index in [-0.39, 0.29) is 31.3 Å². The second kappa shape index (κ2) is 7.63. The topological polar surface area (TPSA) is 118 Å². The molecule has 0 bridgehead atoms. The van der Waals surface area contributed by atoms with Crippen molar-refractivity contribution in [3.05, 3.63) is 64.3 Å². The van der Waals surface area contributed by atoms with Gasteiger partial charge in [0.05, 0.1) is 14.9 Å². The molecule has 0 atom stereocenters. The number of nitrogens with one attached hydrogen (secondary N) is 2. The van der Waals surface area contributed by atoms with Gasteiger partial charge in [0.25, 0.3) is 20.0 Å². The van der Waals surface area contributed by atoms with Crippen LogP contribution in [0.5, 0.6) is 0 Å². The fourth-order valence-corrected chi connectivity index (χ4v) is 5.02. The van der Waals surface area contributed by atoms with E-state index in [0.29, 0.717) is 5.76 Å². The largest absolute Gasteiger partial charge is 0.360 e. The molecule has 0 saturated carbocycles. The summed E-state index contributed by atoms with van der Waals surface area (Å²) in [5.74, 6) is 0.486. The van der Waals surface area contributed by atoms with E-state index < -0.39 is 20.0 Å². The minimum atomic E-state index is -4.01. The van der Waals surface area contributed by atoms with Gasteiger partial charge < -0.3 is 4.52 Å². The average molecular weight is 462 g/mol. The van der Waals surface area contributed by atoms with Gasteiger partial charge in [-0.25, -0.2) is 16.8 Å². The fourth-order valence-electron chi connectivity index (χ4n) is 2.21. The van der Waals surface area contributed by atoms with Crippen molar-refractivity contribution < 1.29 is 21.4 Å². The maximum Gasteiger partial charge on any atom is 0.263 e. The Morgan fingerprint density at radius 3 is 2.21 bits per heavy atom. The molecule has 0 saturated heterocycles. The average Bonchev–Trinajstić information content (AvgIpc) is 3.01. The molecule has 1 heterocycles. The lowest BCUT2D eigenvalue weighted by molar-refractivity contribution is 0.400. The summed E-state index contributed by atoms with van der Waals surface area (Å²) in [7, 11) is -7.93. The van der Waals surface area contributed by atoms with Gasteiger partial charge in [-0.3, -0.25) is 9.44 Å². The van der Waals surface area contributed by atoms with Crippen molar-refractivity contribution in [1.29, 1.82) is 0 Å². The molecular weight excluding hydrogens is 449 g/mol. The van der Waals surface area contributed by atoms with E-state index >= 15 is 0 Å². The fraction of sp³-hybridized carbons (Fsp3) is 0.0625. The number of hydrogen-bond acceptors (Lipinski definition) is 6. The van der Waals surface area contributed by atoms with Crippen LogP contribution in [0.1, 0.15) is 5.76 Å². The first-order valence-electron chi connectivity index (χ1n) is 7.61. The Labute approximate surface area is 171 Å². The van der Waals surface area contributed by atoms with Crippen molar-refractivity contribution in [3.8, 4) is 0 Å². The third-order valence-corrected chi connectivity index (χ3v) is 7.21. The van der Waals surface area contributed by atoms with Crippen molar-refractivity contribution in [2.24, 2.45) is 0 Å². The zero-order chi connectivity index (χ0) is 20.5. The van der Waals surface area contributed by atoms with Gasteiger partial charge in [0.15, 0.2) is 5.82 Å². The SMILES string of the molecule is Cc1cc(NS(=O)(=O)c2ccc(NS(=O)(=O)c3cccc(Cl)c3Cl)cc2)no1. The predicted octanol–water partition coefficient (Wildman–Crippen LogP) is 3.89. The predicted molar refractivity (Wildman–Crippen MR) is 106 cm³/mol. The lowest BCUT2D eigenvalue weighted by Crippen LogP contribution is -2.15. The Bertz CT molecular complexity index is 1220. The van der Waals surface area contributed by atoms with Crippen LogP contribution in [-0.2, 0) is 20.0 Å². The van der Waals surface area contributed by atoms with Gasteiger partial charge in [0, 0.05) is 11.8 Å². The summed E-state index contributed by atoms with van der Waals surface area (Å²) in [5, 5.41) is 3.55. The minimum Gasteiger partial charge on any atom is -0.360 e. The van der Waals surface area contributed by atoms with Crippen molar-refractivity contribution in [3.63, 3.8) is 0 Å². The molecule has 148 valence electrons. The van der Waals surface area contributed by atoms with E-state index in [4.69, 9.17) is 27.7 Å². The van der Waals surface area contributed by atoms with Gasteiger partial charge in [-0.15, -0.1) is 0 Å². The molecule has 1 aromatic heterocycles. The molecule has 0 unspecified atom stereocenters. The Morgan fingerprint density at radius 1 is 0.929 bits per heavy atom. The lowest BCUT2D eigenvalue weighted by Gasteiger charge is -2.11. The zero-order valence-electron chi connectivity index (χ0n) is 14.2. The molecule has 28 heavy (non-hydrogen) atoms. The van der Waals surface area contributed by atoms with Crippen LogP contribution in [0.4, 0.5) is 11.5 Å². The van der Waals surface area contributed by atoms with E-state index in [0.717, 1.165) is 0 Å². The zero-order valence-corrected chi connectivity index (χ0v) is 17.3. The van der Waals surface area contributed by atoms with E-state index in [9.17, 15) is 16.8 Å². The number of nitrogens with zero attached hydrogens (tertiary/aromatic N) is 1. The van der Waals surface area contributed by atoms with Gasteiger partial charge in [-0.05, 0) is 43.3 Å². The number of benzene rings is 2. The molecular formula is C16H13Cl2N3O5S2. The van der Waals surface area contributed by atoms with Crippen molar-refractivity contribution in [1.82, 2.24) is 5.16 Å². The van der Waals surface area contributed by atoms with Gasteiger partial charge >= 0.3 is 0 Å². The van der Waals surface area contributed by atoms with Crippen LogP contribution in [0, 0.1) is 6.92 Å². The highest BCUT2D eigenvalue weighted by atomic mass is 35.5. The van der Waals surface area contributed by atoms with E-state index in [1.807, 2.05) is 0 Å². The molecule has 12 heteroatoms. The van der Waals surface area contributed by atoms with E-state index in [1.54, 1.807) is 6.92 Å². The summed E-state index contributed by atoms with van der Waals surface area (Å²) in [6.07, 6.45) is 0. The van der Waals surface area contributed by atoms with Gasteiger partial charge in [-0.1, -0.05) is 34.4 Å². The molecule has 8 nitrogen and oxygen atoms in total. The van der Waals surface area contributed by atoms with Crippen molar-refractivity contribution in [2.45, 2.75) is 16.7 Å². The summed E-state index contributed by atoms with van der Waals surface area (Å²) < 4.78 is 59.1. The number of aromatic nitrogens is 1. The summed E-state index contributed by atoms with van der Waals surface area (Å²) in [4.78, 5) is -0.279. The first kappa shape index (κ1) is 20.5. The van der Waals surface area contributed by atoms with E-state index in [2.05, 4.69) is 14.6 Å². The number of halogens is 2. The van der Waals surface area contributed by atoms with Gasteiger partial charge in [0.1, 0.15) is 10.7 Å². The number of hydrogen-bond donors (Lipinski definition) is 2. The highest BCUT2D eigenvalue weighted by Gasteiger charge is 2.21. The van der Waals surface area contributed by atoms with Crippen LogP contribution in [0.3, 0.4) is 0 Å². The molecule has 2 aromatic carbocycles. The third-order valence-electron chi connectivity index (χ3n) is 3.49. The Kier molecular flexibility index (Phi) is 5.57. The molecule has 0 aliphatic carbocycles. The Morgan fingerprint density at radius 2 is 1.61 bits per heavy atom. The lowest BCUT2D eigenvalue weighted by atomic mass is 10.3. The van der Waals surface area contributed by atoms with Crippen LogP contribution in [0.15, 0.2) is 62.8 Å². The van der Waals surface area contributed by atoms with Gasteiger partial charge in [-0.2, -0.15) is 0 Å². The first-order valence-corrected chi connectivity index (χ1v) is 11.3. The molecule has 0 radical (unpaired) electrons. The highest BCUT2D eigenvalue weighted by Crippen LogP contribution is 2.30. The van der Waals surface area contributed by atoms with Crippen LogP contribution in [-0.4, -0.2) is 22.0 Å². The number of anilines is 2. The molecule has 3 rings (SSSR count).